The molecule has 0 amide bonds. The Labute approximate surface area is 168 Å². The quantitative estimate of drug-likeness (QED) is 0.339. The van der Waals surface area contributed by atoms with Crippen LogP contribution in [-0.2, 0) is 6.42 Å². The summed E-state index contributed by atoms with van der Waals surface area (Å²) in [6.07, 6.45) is 2.86. The predicted octanol–water partition coefficient (Wildman–Crippen LogP) is 6.45. The van der Waals surface area contributed by atoms with Gasteiger partial charge < -0.3 is 0 Å². The van der Waals surface area contributed by atoms with Crippen molar-refractivity contribution in [3.8, 4) is 28.5 Å². The minimum atomic E-state index is 0.594. The second-order valence-electron chi connectivity index (χ2n) is 6.82. The van der Waals surface area contributed by atoms with E-state index in [2.05, 4.69) is 48.5 Å². The van der Waals surface area contributed by atoms with Crippen LogP contribution >= 0.6 is 11.3 Å². The van der Waals surface area contributed by atoms with Crippen LogP contribution < -0.4 is 0 Å². The van der Waals surface area contributed by atoms with Gasteiger partial charge in [-0.3, -0.25) is 0 Å². The van der Waals surface area contributed by atoms with Crippen LogP contribution in [-0.4, -0.2) is 4.98 Å². The lowest BCUT2D eigenvalue weighted by atomic mass is 10.0. The molecule has 1 aromatic heterocycles. The SMILES string of the molecule is N#CC(=Cc1ccccc1)c1nc(-c2ccc3c(c2)Cc2ccccc2-3)cs1. The van der Waals surface area contributed by atoms with Crippen LogP contribution in [0.15, 0.2) is 78.2 Å². The van der Waals surface area contributed by atoms with Crippen molar-refractivity contribution in [2.75, 3.05) is 0 Å². The molecule has 0 spiro atoms. The standard InChI is InChI=1S/C25H16N2S/c26-15-21(12-17-6-2-1-3-7-17)25-27-24(16-28-25)19-10-11-23-20(14-19)13-18-8-4-5-9-22(18)23/h1-12,14,16H,13H2. The Balaban J connectivity index is 1.48. The van der Waals surface area contributed by atoms with E-state index in [4.69, 9.17) is 4.98 Å². The fraction of sp³-hybridized carbons (Fsp3) is 0.0400. The number of rotatable bonds is 3. The molecule has 0 unspecified atom stereocenters. The van der Waals surface area contributed by atoms with E-state index in [-0.39, 0.29) is 0 Å². The van der Waals surface area contributed by atoms with Crippen molar-refractivity contribution in [2.45, 2.75) is 6.42 Å². The second kappa shape index (κ2) is 6.92. The van der Waals surface area contributed by atoms with E-state index in [0.29, 0.717) is 5.57 Å². The van der Waals surface area contributed by atoms with Gasteiger partial charge in [0.05, 0.1) is 11.3 Å². The van der Waals surface area contributed by atoms with Gasteiger partial charge in [0.2, 0.25) is 0 Å². The van der Waals surface area contributed by atoms with Gasteiger partial charge in [-0.05, 0) is 46.4 Å². The molecule has 0 aliphatic heterocycles. The summed E-state index contributed by atoms with van der Waals surface area (Å²) in [5.41, 5.74) is 9.00. The van der Waals surface area contributed by atoms with Crippen molar-refractivity contribution in [3.63, 3.8) is 0 Å². The van der Waals surface area contributed by atoms with Crippen LogP contribution in [0, 0.1) is 11.3 Å². The first kappa shape index (κ1) is 16.7. The summed E-state index contributed by atoms with van der Waals surface area (Å²) >= 11 is 1.52. The third-order valence-corrected chi connectivity index (χ3v) is 5.93. The Hall–Kier alpha value is -3.48. The van der Waals surface area contributed by atoms with E-state index >= 15 is 0 Å². The normalized spacial score (nSPS) is 12.3. The van der Waals surface area contributed by atoms with E-state index in [1.54, 1.807) is 0 Å². The second-order valence-corrected chi connectivity index (χ2v) is 7.68. The molecule has 0 saturated heterocycles. The van der Waals surface area contributed by atoms with E-state index in [0.717, 1.165) is 28.2 Å². The molecule has 0 fully saturated rings. The highest BCUT2D eigenvalue weighted by Crippen LogP contribution is 2.38. The fourth-order valence-corrected chi connectivity index (χ4v) is 4.49. The highest BCUT2D eigenvalue weighted by molar-refractivity contribution is 7.11. The van der Waals surface area contributed by atoms with Gasteiger partial charge in [-0.25, -0.2) is 4.98 Å². The first-order chi connectivity index (χ1) is 13.8. The van der Waals surface area contributed by atoms with Gasteiger partial charge in [-0.2, -0.15) is 5.26 Å². The minimum absolute atomic E-state index is 0.594. The van der Waals surface area contributed by atoms with Crippen molar-refractivity contribution in [2.24, 2.45) is 0 Å². The van der Waals surface area contributed by atoms with Gasteiger partial charge in [0, 0.05) is 10.9 Å². The average Bonchev–Trinajstić information content (AvgIpc) is 3.37. The Morgan fingerprint density at radius 2 is 1.71 bits per heavy atom. The molecule has 3 heteroatoms. The van der Waals surface area contributed by atoms with E-state index < -0.39 is 0 Å². The van der Waals surface area contributed by atoms with Crippen molar-refractivity contribution < 1.29 is 0 Å². The smallest absolute Gasteiger partial charge is 0.134 e. The molecule has 28 heavy (non-hydrogen) atoms. The Kier molecular flexibility index (Phi) is 4.12. The zero-order chi connectivity index (χ0) is 18.9. The summed E-state index contributed by atoms with van der Waals surface area (Å²) < 4.78 is 0. The monoisotopic (exact) mass is 376 g/mol. The highest BCUT2D eigenvalue weighted by Gasteiger charge is 2.19. The Morgan fingerprint density at radius 3 is 2.57 bits per heavy atom. The lowest BCUT2D eigenvalue weighted by Gasteiger charge is -2.03. The third kappa shape index (κ3) is 2.94. The molecule has 0 atom stereocenters. The lowest BCUT2D eigenvalue weighted by molar-refractivity contribution is 1.26. The molecule has 4 aromatic rings. The van der Waals surface area contributed by atoms with Gasteiger partial charge in [-0.15, -0.1) is 11.3 Å². The number of benzene rings is 3. The number of nitrogens with zero attached hydrogens (tertiary/aromatic N) is 2. The van der Waals surface area contributed by atoms with Gasteiger partial charge in [0.25, 0.3) is 0 Å². The summed E-state index contributed by atoms with van der Waals surface area (Å²) in [5, 5.41) is 12.4. The zero-order valence-corrected chi connectivity index (χ0v) is 15.9. The largest absolute Gasteiger partial charge is 0.235 e. The van der Waals surface area contributed by atoms with Gasteiger partial charge in [0.1, 0.15) is 11.1 Å². The number of thiazole rings is 1. The van der Waals surface area contributed by atoms with Crippen LogP contribution in [0.5, 0.6) is 0 Å². The third-order valence-electron chi connectivity index (χ3n) is 5.06. The molecule has 1 aliphatic rings. The Bertz CT molecular complexity index is 1240. The summed E-state index contributed by atoms with van der Waals surface area (Å²) in [6.45, 7) is 0. The van der Waals surface area contributed by atoms with Crippen LogP contribution in [0.1, 0.15) is 21.7 Å². The van der Waals surface area contributed by atoms with E-state index in [9.17, 15) is 5.26 Å². The molecule has 1 heterocycles. The van der Waals surface area contributed by atoms with Crippen molar-refractivity contribution in [1.82, 2.24) is 4.98 Å². The van der Waals surface area contributed by atoms with Gasteiger partial charge in [-0.1, -0.05) is 66.7 Å². The summed E-state index contributed by atoms with van der Waals surface area (Å²) in [6, 6.07) is 27.3. The maximum absolute atomic E-state index is 9.60. The molecule has 0 radical (unpaired) electrons. The molecule has 1 aliphatic carbocycles. The molecule has 0 saturated carbocycles. The van der Waals surface area contributed by atoms with Crippen molar-refractivity contribution >= 4 is 23.0 Å². The van der Waals surface area contributed by atoms with E-state index in [1.807, 2.05) is 41.8 Å². The molecule has 132 valence electrons. The first-order valence-electron chi connectivity index (χ1n) is 9.16. The molecule has 0 N–H and O–H groups in total. The van der Waals surface area contributed by atoms with E-state index in [1.165, 1.54) is 33.6 Å². The number of hydrogen-bond donors (Lipinski definition) is 0. The molecule has 5 rings (SSSR count). The number of nitriles is 1. The summed E-state index contributed by atoms with van der Waals surface area (Å²) in [4.78, 5) is 4.75. The molecular formula is C25H16N2S. The average molecular weight is 376 g/mol. The molecular weight excluding hydrogens is 360 g/mol. The van der Waals surface area contributed by atoms with Crippen LogP contribution in [0.2, 0.25) is 0 Å². The Morgan fingerprint density at radius 1 is 0.929 bits per heavy atom. The van der Waals surface area contributed by atoms with Crippen LogP contribution in [0.25, 0.3) is 34.0 Å². The minimum Gasteiger partial charge on any atom is -0.235 e. The highest BCUT2D eigenvalue weighted by atomic mass is 32.1. The molecule has 0 bridgehead atoms. The molecule has 2 nitrogen and oxygen atoms in total. The predicted molar refractivity (Wildman–Crippen MR) is 116 cm³/mol. The number of fused-ring (bicyclic) bond motifs is 3. The topological polar surface area (TPSA) is 36.7 Å². The fourth-order valence-electron chi connectivity index (χ4n) is 3.69. The van der Waals surface area contributed by atoms with Crippen LogP contribution in [0.4, 0.5) is 0 Å². The van der Waals surface area contributed by atoms with Crippen molar-refractivity contribution in [1.29, 1.82) is 5.26 Å². The van der Waals surface area contributed by atoms with Gasteiger partial charge >= 0.3 is 0 Å². The lowest BCUT2D eigenvalue weighted by Crippen LogP contribution is -1.85. The zero-order valence-electron chi connectivity index (χ0n) is 15.1. The maximum atomic E-state index is 9.60. The summed E-state index contributed by atoms with van der Waals surface area (Å²) in [7, 11) is 0. The summed E-state index contributed by atoms with van der Waals surface area (Å²) in [5.74, 6) is 0. The number of aromatic nitrogens is 1. The maximum Gasteiger partial charge on any atom is 0.134 e. The van der Waals surface area contributed by atoms with Crippen molar-refractivity contribution in [3.05, 3.63) is 99.9 Å². The number of hydrogen-bond acceptors (Lipinski definition) is 3. The number of allylic oxidation sites excluding steroid dienone is 1. The van der Waals surface area contributed by atoms with Gasteiger partial charge in [0.15, 0.2) is 0 Å². The molecule has 3 aromatic carbocycles. The first-order valence-corrected chi connectivity index (χ1v) is 10.0. The van der Waals surface area contributed by atoms with Crippen LogP contribution in [0.3, 0.4) is 0 Å².